The largest absolute Gasteiger partial charge is 0.392 e. The molecule has 0 amide bonds. The van der Waals surface area contributed by atoms with Gasteiger partial charge in [0.25, 0.3) is 0 Å². The first-order valence-corrected chi connectivity index (χ1v) is 8.20. The van der Waals surface area contributed by atoms with Crippen LogP contribution in [0.5, 0.6) is 0 Å². The molecule has 4 aromatic rings. The third-order valence-corrected chi connectivity index (χ3v) is 4.22. The molecule has 3 aromatic heterocycles. The summed E-state index contributed by atoms with van der Waals surface area (Å²) in [7, 11) is 0. The molecular weight excluding hydrogens is 354 g/mol. The predicted molar refractivity (Wildman–Crippen MR) is 95.0 cm³/mol. The Kier molecular flexibility index (Phi) is 4.08. The fourth-order valence-corrected chi connectivity index (χ4v) is 2.80. The van der Waals surface area contributed by atoms with Gasteiger partial charge in [0.2, 0.25) is 5.67 Å². The number of benzene rings is 1. The quantitative estimate of drug-likeness (QED) is 0.503. The maximum absolute atomic E-state index is 15.7. The van der Waals surface area contributed by atoms with E-state index in [0.717, 1.165) is 17.8 Å². The van der Waals surface area contributed by atoms with Crippen molar-refractivity contribution < 1.29 is 13.9 Å². The third-order valence-electron chi connectivity index (χ3n) is 4.22. The Morgan fingerprint density at radius 3 is 2.70 bits per heavy atom. The zero-order valence-corrected chi connectivity index (χ0v) is 14.3. The molecule has 0 radical (unpaired) electrons. The summed E-state index contributed by atoms with van der Waals surface area (Å²) in [6.07, 6.45) is 1.64. The summed E-state index contributed by atoms with van der Waals surface area (Å²) >= 11 is 0. The Bertz CT molecular complexity index is 1090. The van der Waals surface area contributed by atoms with Crippen molar-refractivity contribution in [1.29, 1.82) is 0 Å². The topological polar surface area (TPSA) is 91.1 Å². The van der Waals surface area contributed by atoms with E-state index in [-0.39, 0.29) is 11.4 Å². The van der Waals surface area contributed by atoms with Crippen LogP contribution in [0.4, 0.5) is 20.4 Å². The van der Waals surface area contributed by atoms with E-state index in [1.165, 1.54) is 16.6 Å². The lowest BCUT2D eigenvalue weighted by atomic mass is 9.95. The predicted octanol–water partition coefficient (Wildman–Crippen LogP) is 2.85. The van der Waals surface area contributed by atoms with Gasteiger partial charge in [0.1, 0.15) is 11.3 Å². The van der Waals surface area contributed by atoms with Crippen LogP contribution in [0.1, 0.15) is 17.1 Å². The minimum absolute atomic E-state index is 0.0551. The van der Waals surface area contributed by atoms with Gasteiger partial charge in [-0.15, -0.1) is 5.10 Å². The van der Waals surface area contributed by atoms with Crippen molar-refractivity contribution in [1.82, 2.24) is 24.8 Å². The summed E-state index contributed by atoms with van der Waals surface area (Å²) in [4.78, 5) is 4.29. The number of aromatic amines is 1. The van der Waals surface area contributed by atoms with Crippen LogP contribution in [-0.2, 0) is 5.67 Å². The van der Waals surface area contributed by atoms with Crippen LogP contribution in [0.2, 0.25) is 0 Å². The molecule has 3 heterocycles. The average Bonchev–Trinajstić information content (AvgIpc) is 3.30. The van der Waals surface area contributed by atoms with Crippen molar-refractivity contribution in [2.75, 3.05) is 11.9 Å². The van der Waals surface area contributed by atoms with Gasteiger partial charge in [0.05, 0.1) is 6.61 Å². The van der Waals surface area contributed by atoms with Crippen molar-refractivity contribution in [3.63, 3.8) is 0 Å². The monoisotopic (exact) mass is 370 g/mol. The van der Waals surface area contributed by atoms with Crippen molar-refractivity contribution in [2.24, 2.45) is 0 Å². The van der Waals surface area contributed by atoms with Gasteiger partial charge in [0.15, 0.2) is 17.5 Å². The summed E-state index contributed by atoms with van der Waals surface area (Å²) in [6, 6.07) is 10.1. The van der Waals surface area contributed by atoms with Crippen LogP contribution in [0.15, 0.2) is 48.7 Å². The number of rotatable bonds is 5. The molecular formula is C18H16F2N6O. The second kappa shape index (κ2) is 6.44. The number of hydrogen-bond acceptors (Lipinski definition) is 5. The molecule has 0 aliphatic carbocycles. The number of aryl methyl sites for hydroxylation is 1. The number of anilines is 2. The SMILES string of the molecule is Cc1cc(Nc2nc(C(F)(CO)c3ccc(F)cc3)nn3cccc23)n[nH]1. The van der Waals surface area contributed by atoms with E-state index in [2.05, 4.69) is 25.6 Å². The van der Waals surface area contributed by atoms with Crippen LogP contribution in [0, 0.1) is 12.7 Å². The van der Waals surface area contributed by atoms with Gasteiger partial charge in [-0.05, 0) is 36.8 Å². The van der Waals surface area contributed by atoms with Gasteiger partial charge in [-0.3, -0.25) is 5.10 Å². The highest BCUT2D eigenvalue weighted by Gasteiger charge is 2.38. The lowest BCUT2D eigenvalue weighted by Gasteiger charge is -2.22. The highest BCUT2D eigenvalue weighted by atomic mass is 19.1. The number of aromatic nitrogens is 5. The number of H-pyrrole nitrogens is 1. The molecule has 27 heavy (non-hydrogen) atoms. The van der Waals surface area contributed by atoms with Gasteiger partial charge < -0.3 is 10.4 Å². The summed E-state index contributed by atoms with van der Waals surface area (Å²) in [6.45, 7) is 0.954. The zero-order valence-electron chi connectivity index (χ0n) is 14.3. The number of aliphatic hydroxyl groups excluding tert-OH is 1. The number of hydrogen-bond donors (Lipinski definition) is 3. The highest BCUT2D eigenvalue weighted by molar-refractivity contribution is 5.72. The first kappa shape index (κ1) is 17.1. The Balaban J connectivity index is 1.84. The molecule has 9 heteroatoms. The van der Waals surface area contributed by atoms with E-state index >= 15 is 4.39 Å². The molecule has 1 unspecified atom stereocenters. The van der Waals surface area contributed by atoms with E-state index in [4.69, 9.17) is 0 Å². The van der Waals surface area contributed by atoms with Crippen LogP contribution in [0.25, 0.3) is 5.52 Å². The molecule has 0 fully saturated rings. The maximum Gasteiger partial charge on any atom is 0.219 e. The lowest BCUT2D eigenvalue weighted by Crippen LogP contribution is -2.30. The van der Waals surface area contributed by atoms with E-state index < -0.39 is 18.1 Å². The van der Waals surface area contributed by atoms with Gasteiger partial charge in [-0.25, -0.2) is 18.3 Å². The zero-order chi connectivity index (χ0) is 19.0. The Labute approximate surface area is 152 Å². The maximum atomic E-state index is 15.7. The number of aliphatic hydroxyl groups is 1. The summed E-state index contributed by atoms with van der Waals surface area (Å²) in [5.74, 6) is 0.0803. The first-order valence-electron chi connectivity index (χ1n) is 8.20. The van der Waals surface area contributed by atoms with Crippen molar-refractivity contribution in [3.05, 3.63) is 71.6 Å². The minimum Gasteiger partial charge on any atom is -0.392 e. The molecule has 0 spiro atoms. The smallest absolute Gasteiger partial charge is 0.219 e. The highest BCUT2D eigenvalue weighted by Crippen LogP contribution is 2.33. The van der Waals surface area contributed by atoms with Crippen molar-refractivity contribution >= 4 is 17.2 Å². The van der Waals surface area contributed by atoms with Crippen LogP contribution >= 0.6 is 0 Å². The Hall–Kier alpha value is -3.33. The minimum atomic E-state index is -2.40. The second-order valence-electron chi connectivity index (χ2n) is 6.15. The van der Waals surface area contributed by atoms with E-state index in [0.29, 0.717) is 17.2 Å². The molecule has 138 valence electrons. The fraction of sp³-hybridized carbons (Fsp3) is 0.167. The van der Waals surface area contributed by atoms with E-state index in [1.54, 1.807) is 24.4 Å². The molecule has 0 bridgehead atoms. The van der Waals surface area contributed by atoms with Crippen LogP contribution < -0.4 is 5.32 Å². The van der Waals surface area contributed by atoms with Gasteiger partial charge in [-0.1, -0.05) is 12.1 Å². The number of alkyl halides is 1. The summed E-state index contributed by atoms with van der Waals surface area (Å²) < 4.78 is 30.4. The van der Waals surface area contributed by atoms with Gasteiger partial charge >= 0.3 is 0 Å². The lowest BCUT2D eigenvalue weighted by molar-refractivity contribution is 0.0969. The molecule has 1 aromatic carbocycles. The normalized spacial score (nSPS) is 13.6. The standard InChI is InChI=1S/C18H16F2N6O/c1-11-9-15(24-23-11)21-16-14-3-2-8-26(14)25-17(22-16)18(20,10-27)12-4-6-13(19)7-5-12/h2-9,27H,10H2,1H3,(H2,21,22,23,24,25). The van der Waals surface area contributed by atoms with E-state index in [9.17, 15) is 9.50 Å². The molecule has 0 aliphatic heterocycles. The number of halogens is 2. The second-order valence-corrected chi connectivity index (χ2v) is 6.15. The van der Waals surface area contributed by atoms with E-state index in [1.807, 2.05) is 6.92 Å². The third kappa shape index (κ3) is 3.02. The Morgan fingerprint density at radius 2 is 2.04 bits per heavy atom. The van der Waals surface area contributed by atoms with Crippen molar-refractivity contribution in [2.45, 2.75) is 12.6 Å². The molecule has 0 aliphatic rings. The molecule has 3 N–H and O–H groups in total. The van der Waals surface area contributed by atoms with Gasteiger partial charge in [-0.2, -0.15) is 5.10 Å². The molecule has 0 saturated carbocycles. The first-order chi connectivity index (χ1) is 13.0. The number of nitrogens with one attached hydrogen (secondary N) is 2. The summed E-state index contributed by atoms with van der Waals surface area (Å²) in [5.41, 5.74) is -0.887. The van der Waals surface area contributed by atoms with Crippen LogP contribution in [-0.4, -0.2) is 36.5 Å². The van der Waals surface area contributed by atoms with Gasteiger partial charge in [0, 0.05) is 18.0 Å². The molecule has 7 nitrogen and oxygen atoms in total. The molecule has 4 rings (SSSR count). The summed E-state index contributed by atoms with van der Waals surface area (Å²) in [5, 5.41) is 23.9. The molecule has 1 atom stereocenters. The molecule has 0 saturated heterocycles. The Morgan fingerprint density at radius 1 is 1.26 bits per heavy atom. The van der Waals surface area contributed by atoms with Crippen LogP contribution in [0.3, 0.4) is 0 Å². The van der Waals surface area contributed by atoms with Crippen molar-refractivity contribution in [3.8, 4) is 0 Å². The number of fused-ring (bicyclic) bond motifs is 1. The fourth-order valence-electron chi connectivity index (χ4n) is 2.80. The average molecular weight is 370 g/mol. The number of nitrogens with zero attached hydrogens (tertiary/aromatic N) is 4.